The number of anilines is 1. The van der Waals surface area contributed by atoms with Crippen LogP contribution in [0.5, 0.6) is 0 Å². The third kappa shape index (κ3) is 5.22. The van der Waals surface area contributed by atoms with Crippen molar-refractivity contribution in [1.29, 1.82) is 0 Å². The van der Waals surface area contributed by atoms with Gasteiger partial charge in [-0.2, -0.15) is 0 Å². The van der Waals surface area contributed by atoms with Crippen LogP contribution in [0.1, 0.15) is 58.6 Å². The number of aryl methyl sites for hydroxylation is 2. The smallest absolute Gasteiger partial charge is 0.259 e. The van der Waals surface area contributed by atoms with Gasteiger partial charge in [-0.15, -0.1) is 18.8 Å². The third-order valence-corrected chi connectivity index (χ3v) is 6.89. The van der Waals surface area contributed by atoms with E-state index in [2.05, 4.69) is 22.3 Å². The number of carbonyl (C=O) groups is 2. The number of benzene rings is 1. The summed E-state index contributed by atoms with van der Waals surface area (Å²) in [7, 11) is 0. The predicted molar refractivity (Wildman–Crippen MR) is 140 cm³/mol. The SMILES string of the molecule is C#CCNC(=O)c1ccc2c(c1)N(CC1CCC(CN)CC1)C(=O)/C2=C\c1[nH]c(C)cc1C.Cl. The molecule has 0 saturated heterocycles. The van der Waals surface area contributed by atoms with Crippen LogP contribution in [0.3, 0.4) is 0 Å². The van der Waals surface area contributed by atoms with Gasteiger partial charge >= 0.3 is 0 Å². The quantitative estimate of drug-likeness (QED) is 0.430. The molecule has 4 N–H and O–H groups in total. The van der Waals surface area contributed by atoms with Crippen LogP contribution >= 0.6 is 12.4 Å². The fourth-order valence-corrected chi connectivity index (χ4v) is 5.00. The van der Waals surface area contributed by atoms with Gasteiger partial charge < -0.3 is 20.9 Å². The van der Waals surface area contributed by atoms with E-state index in [1.165, 1.54) is 0 Å². The highest BCUT2D eigenvalue weighted by atomic mass is 35.5. The number of nitrogens with two attached hydrogens (primary N) is 1. The maximum absolute atomic E-state index is 13.6. The Morgan fingerprint density at radius 1 is 1.24 bits per heavy atom. The van der Waals surface area contributed by atoms with Crippen molar-refractivity contribution >= 4 is 41.6 Å². The maximum atomic E-state index is 13.6. The molecule has 1 aliphatic carbocycles. The number of H-pyrrole nitrogens is 1. The molecule has 1 aliphatic heterocycles. The van der Waals surface area contributed by atoms with Gasteiger partial charge in [-0.3, -0.25) is 9.59 Å². The summed E-state index contributed by atoms with van der Waals surface area (Å²) in [4.78, 5) is 31.4. The van der Waals surface area contributed by atoms with Crippen LogP contribution in [-0.4, -0.2) is 36.4 Å². The van der Waals surface area contributed by atoms with Crippen molar-refractivity contribution in [2.45, 2.75) is 39.5 Å². The van der Waals surface area contributed by atoms with Gasteiger partial charge in [-0.25, -0.2) is 0 Å². The number of fused-ring (bicyclic) bond motifs is 1. The van der Waals surface area contributed by atoms with Crippen LogP contribution < -0.4 is 16.0 Å². The Kier molecular flexibility index (Phi) is 8.24. The zero-order chi connectivity index (χ0) is 23.5. The minimum absolute atomic E-state index is 0. The largest absolute Gasteiger partial charge is 0.359 e. The van der Waals surface area contributed by atoms with E-state index < -0.39 is 0 Å². The average molecular weight is 481 g/mol. The molecule has 4 rings (SSSR count). The minimum atomic E-state index is -0.236. The van der Waals surface area contributed by atoms with Crippen LogP contribution in [0, 0.1) is 38.0 Å². The molecule has 34 heavy (non-hydrogen) atoms. The molecule has 2 aromatic rings. The molecule has 0 unspecified atom stereocenters. The summed E-state index contributed by atoms with van der Waals surface area (Å²) in [6, 6.07) is 7.52. The summed E-state index contributed by atoms with van der Waals surface area (Å²) >= 11 is 0. The first-order valence-electron chi connectivity index (χ1n) is 11.7. The number of hydrogen-bond acceptors (Lipinski definition) is 3. The van der Waals surface area contributed by atoms with Crippen LogP contribution in [0.15, 0.2) is 24.3 Å². The summed E-state index contributed by atoms with van der Waals surface area (Å²) in [6.07, 6.45) is 11.6. The highest BCUT2D eigenvalue weighted by molar-refractivity contribution is 6.36. The molecule has 1 saturated carbocycles. The van der Waals surface area contributed by atoms with E-state index in [0.29, 0.717) is 29.5 Å². The number of terminal acetylenes is 1. The molecule has 6 nitrogen and oxygen atoms in total. The summed E-state index contributed by atoms with van der Waals surface area (Å²) in [6.45, 7) is 5.58. The van der Waals surface area contributed by atoms with Gasteiger partial charge in [0, 0.05) is 29.1 Å². The topological polar surface area (TPSA) is 91.2 Å². The number of hydrogen-bond donors (Lipinski definition) is 3. The van der Waals surface area contributed by atoms with Gasteiger partial charge in [-0.1, -0.05) is 12.0 Å². The fourth-order valence-electron chi connectivity index (χ4n) is 5.00. The number of nitrogens with one attached hydrogen (secondary N) is 2. The fraction of sp³-hybridized carbons (Fsp3) is 0.407. The van der Waals surface area contributed by atoms with Gasteiger partial charge in [-0.05, 0) is 87.7 Å². The molecule has 0 atom stereocenters. The van der Waals surface area contributed by atoms with E-state index >= 15 is 0 Å². The number of carbonyl (C=O) groups excluding carboxylic acids is 2. The van der Waals surface area contributed by atoms with Crippen molar-refractivity contribution in [1.82, 2.24) is 10.3 Å². The van der Waals surface area contributed by atoms with Gasteiger partial charge in [0.1, 0.15) is 0 Å². The molecule has 2 aliphatic rings. The first kappa shape index (κ1) is 25.6. The monoisotopic (exact) mass is 480 g/mol. The number of halogens is 1. The normalized spacial score (nSPS) is 20.6. The number of rotatable bonds is 6. The molecule has 180 valence electrons. The number of aromatic nitrogens is 1. The minimum Gasteiger partial charge on any atom is -0.359 e. The van der Waals surface area contributed by atoms with Crippen LogP contribution in [-0.2, 0) is 4.79 Å². The second-order valence-corrected chi connectivity index (χ2v) is 9.26. The zero-order valence-corrected chi connectivity index (χ0v) is 20.6. The Balaban J connectivity index is 0.00000324. The van der Waals surface area contributed by atoms with Gasteiger partial charge in [0.25, 0.3) is 11.8 Å². The van der Waals surface area contributed by atoms with Gasteiger partial charge in [0.15, 0.2) is 0 Å². The lowest BCUT2D eigenvalue weighted by molar-refractivity contribution is -0.113. The highest BCUT2D eigenvalue weighted by Gasteiger charge is 2.35. The Morgan fingerprint density at radius 3 is 2.56 bits per heavy atom. The second kappa shape index (κ2) is 10.9. The Hall–Kier alpha value is -3.01. The maximum Gasteiger partial charge on any atom is 0.259 e. The van der Waals surface area contributed by atoms with Gasteiger partial charge in [0.2, 0.25) is 0 Å². The Labute approximate surface area is 207 Å². The average Bonchev–Trinajstić information content (AvgIpc) is 3.27. The molecule has 1 fully saturated rings. The Bertz CT molecular complexity index is 1140. The van der Waals surface area contributed by atoms with Crippen molar-refractivity contribution in [2.75, 3.05) is 24.5 Å². The molecular formula is C27H33ClN4O2. The number of amides is 2. The van der Waals surface area contributed by atoms with Gasteiger partial charge in [0.05, 0.1) is 17.8 Å². The van der Waals surface area contributed by atoms with Crippen molar-refractivity contribution in [3.8, 4) is 12.3 Å². The van der Waals surface area contributed by atoms with E-state index in [1.54, 1.807) is 6.07 Å². The lowest BCUT2D eigenvalue weighted by Gasteiger charge is -2.31. The second-order valence-electron chi connectivity index (χ2n) is 9.26. The highest BCUT2D eigenvalue weighted by Crippen LogP contribution is 2.40. The first-order valence-corrected chi connectivity index (χ1v) is 11.7. The van der Waals surface area contributed by atoms with Crippen LogP contribution in [0.4, 0.5) is 5.69 Å². The molecule has 1 aromatic heterocycles. The van der Waals surface area contributed by atoms with E-state index in [4.69, 9.17) is 12.2 Å². The molecule has 2 heterocycles. The summed E-state index contributed by atoms with van der Waals surface area (Å²) in [5.41, 5.74) is 11.7. The molecule has 7 heteroatoms. The van der Waals surface area contributed by atoms with Crippen molar-refractivity contribution < 1.29 is 9.59 Å². The molecule has 1 aromatic carbocycles. The van der Waals surface area contributed by atoms with Crippen molar-refractivity contribution in [2.24, 2.45) is 17.6 Å². The standard InChI is InChI=1S/C27H32N4O2.ClH/c1-4-11-29-26(32)21-9-10-22-23(14-24-17(2)12-18(3)30-24)27(33)31(25(22)13-21)16-20-7-5-19(15-28)6-8-20;/h1,9-10,12-14,19-20,30H,5-8,11,15-16,28H2,2-3H3,(H,29,32);1H/b23-14-;. The third-order valence-electron chi connectivity index (χ3n) is 6.89. The molecule has 0 spiro atoms. The zero-order valence-electron chi connectivity index (χ0n) is 19.8. The van der Waals surface area contributed by atoms with E-state index in [9.17, 15) is 9.59 Å². The number of aromatic amines is 1. The van der Waals surface area contributed by atoms with E-state index in [0.717, 1.165) is 60.4 Å². The van der Waals surface area contributed by atoms with E-state index in [1.807, 2.05) is 37.0 Å². The summed E-state index contributed by atoms with van der Waals surface area (Å²) in [5.74, 6) is 3.19. The van der Waals surface area contributed by atoms with E-state index in [-0.39, 0.29) is 30.8 Å². The lowest BCUT2D eigenvalue weighted by atomic mass is 9.82. The number of nitrogens with zero attached hydrogens (tertiary/aromatic N) is 1. The van der Waals surface area contributed by atoms with Crippen LogP contribution in [0.2, 0.25) is 0 Å². The molecule has 2 amide bonds. The Morgan fingerprint density at radius 2 is 1.94 bits per heavy atom. The molecular weight excluding hydrogens is 448 g/mol. The molecule has 0 radical (unpaired) electrons. The summed E-state index contributed by atoms with van der Waals surface area (Å²) in [5, 5.41) is 2.71. The first-order chi connectivity index (χ1) is 15.9. The molecule has 0 bridgehead atoms. The van der Waals surface area contributed by atoms with Crippen LogP contribution in [0.25, 0.3) is 11.6 Å². The lowest BCUT2D eigenvalue weighted by Crippen LogP contribution is -2.34. The van der Waals surface area contributed by atoms with Crippen molar-refractivity contribution in [3.63, 3.8) is 0 Å². The summed E-state index contributed by atoms with van der Waals surface area (Å²) < 4.78 is 0. The predicted octanol–water partition coefficient (Wildman–Crippen LogP) is 4.07. The van der Waals surface area contributed by atoms with Crippen molar-refractivity contribution in [3.05, 3.63) is 52.3 Å².